The van der Waals surface area contributed by atoms with Gasteiger partial charge in [-0.1, -0.05) is 231 Å². The molecule has 0 aliphatic rings. The minimum atomic E-state index is -0.845. The van der Waals surface area contributed by atoms with Crippen molar-refractivity contribution < 1.29 is 28.6 Å². The molecule has 392 valence electrons. The second-order valence-electron chi connectivity index (χ2n) is 17.8. The summed E-state index contributed by atoms with van der Waals surface area (Å²) in [5.74, 6) is -1.08. The Balaban J connectivity index is 4.64. The summed E-state index contributed by atoms with van der Waals surface area (Å²) >= 11 is 0. The lowest BCUT2D eigenvalue weighted by molar-refractivity contribution is -0.167. The summed E-state index contributed by atoms with van der Waals surface area (Å²) in [6.45, 7) is 6.35. The number of carbonyl (C=O) groups excluding carboxylic acids is 3. The minimum Gasteiger partial charge on any atom is -0.462 e. The molecule has 0 spiro atoms. The van der Waals surface area contributed by atoms with Crippen LogP contribution in [-0.2, 0) is 28.6 Å². The molecule has 0 radical (unpaired) electrons. The second kappa shape index (κ2) is 56.9. The molecule has 0 fully saturated rings. The first-order valence-corrected chi connectivity index (χ1v) is 27.9. The average Bonchev–Trinajstić information content (AvgIpc) is 3.36. The predicted octanol–water partition coefficient (Wildman–Crippen LogP) is 18.8. The van der Waals surface area contributed by atoms with E-state index in [0.29, 0.717) is 19.3 Å². The van der Waals surface area contributed by atoms with Gasteiger partial charge in [-0.3, -0.25) is 14.4 Å². The van der Waals surface area contributed by atoms with Crippen LogP contribution in [0.3, 0.4) is 0 Å². The molecule has 1 atom stereocenters. The zero-order valence-corrected chi connectivity index (χ0v) is 44.7. The minimum absolute atomic E-state index is 0.135. The lowest BCUT2D eigenvalue weighted by Crippen LogP contribution is -2.30. The van der Waals surface area contributed by atoms with E-state index in [9.17, 15) is 14.4 Å². The van der Waals surface area contributed by atoms with Crippen molar-refractivity contribution in [2.45, 2.75) is 226 Å². The lowest BCUT2D eigenvalue weighted by Gasteiger charge is -2.18. The Labute approximate surface area is 429 Å². The van der Waals surface area contributed by atoms with Crippen LogP contribution in [0.25, 0.3) is 0 Å². The Hall–Kier alpha value is -4.71. The van der Waals surface area contributed by atoms with Crippen LogP contribution in [-0.4, -0.2) is 37.2 Å². The Bertz CT molecular complexity index is 1580. The van der Waals surface area contributed by atoms with E-state index in [-0.39, 0.29) is 38.0 Å². The van der Waals surface area contributed by atoms with Gasteiger partial charge in [0.2, 0.25) is 0 Å². The molecule has 0 amide bonds. The Morgan fingerprint density at radius 2 is 0.629 bits per heavy atom. The topological polar surface area (TPSA) is 78.9 Å². The van der Waals surface area contributed by atoms with Crippen molar-refractivity contribution >= 4 is 17.9 Å². The van der Waals surface area contributed by atoms with Crippen molar-refractivity contribution in [1.29, 1.82) is 0 Å². The number of allylic oxidation sites excluding steroid dienone is 24. The van der Waals surface area contributed by atoms with Crippen LogP contribution in [0.5, 0.6) is 0 Å². The third-order valence-corrected chi connectivity index (χ3v) is 11.1. The number of hydrogen-bond donors (Lipinski definition) is 0. The summed E-state index contributed by atoms with van der Waals surface area (Å²) in [6, 6.07) is 0. The lowest BCUT2D eigenvalue weighted by atomic mass is 10.1. The van der Waals surface area contributed by atoms with Crippen LogP contribution in [0.1, 0.15) is 220 Å². The number of esters is 3. The maximum absolute atomic E-state index is 12.8. The molecule has 6 nitrogen and oxygen atoms in total. The molecule has 0 aromatic rings. The molecule has 0 aliphatic heterocycles. The highest BCUT2D eigenvalue weighted by molar-refractivity contribution is 5.71. The monoisotopic (exact) mass is 965 g/mol. The van der Waals surface area contributed by atoms with E-state index < -0.39 is 12.1 Å². The van der Waals surface area contributed by atoms with Crippen LogP contribution in [0.2, 0.25) is 0 Å². The first-order chi connectivity index (χ1) is 34.5. The SMILES string of the molecule is CC/C=C\C/C=C\C/C=C\C/C=C\C/C=C\CCCC(=O)OC(COC(=O)CCC/C=C\C/C=C\C/C=C\CCCCCCCC)COC(=O)CCCCCCC\C=C/C=C\C=C/C=C\CCCCC. The van der Waals surface area contributed by atoms with Crippen LogP contribution in [0, 0.1) is 0 Å². The van der Waals surface area contributed by atoms with Gasteiger partial charge in [-0.2, -0.15) is 0 Å². The van der Waals surface area contributed by atoms with Gasteiger partial charge in [0, 0.05) is 19.3 Å². The summed E-state index contributed by atoms with van der Waals surface area (Å²) in [5, 5.41) is 0. The van der Waals surface area contributed by atoms with E-state index in [1.165, 1.54) is 64.2 Å². The normalized spacial score (nSPS) is 13.2. The molecular formula is C64H100O6. The van der Waals surface area contributed by atoms with Gasteiger partial charge in [0.1, 0.15) is 13.2 Å². The maximum atomic E-state index is 12.8. The van der Waals surface area contributed by atoms with Crippen LogP contribution >= 0.6 is 0 Å². The van der Waals surface area contributed by atoms with Gasteiger partial charge in [-0.15, -0.1) is 0 Å². The van der Waals surface area contributed by atoms with Gasteiger partial charge in [-0.05, 0) is 116 Å². The first kappa shape index (κ1) is 65.3. The molecule has 0 saturated heterocycles. The van der Waals surface area contributed by atoms with Gasteiger partial charge in [-0.25, -0.2) is 0 Å². The van der Waals surface area contributed by atoms with E-state index in [0.717, 1.165) is 103 Å². The molecule has 0 saturated carbocycles. The summed E-state index contributed by atoms with van der Waals surface area (Å²) in [4.78, 5) is 38.1. The highest BCUT2D eigenvalue weighted by Gasteiger charge is 2.19. The van der Waals surface area contributed by atoms with Gasteiger partial charge in [0.05, 0.1) is 0 Å². The third-order valence-electron chi connectivity index (χ3n) is 11.1. The molecule has 0 aromatic carbocycles. The van der Waals surface area contributed by atoms with E-state index in [4.69, 9.17) is 14.2 Å². The zero-order valence-electron chi connectivity index (χ0n) is 44.7. The highest BCUT2D eigenvalue weighted by atomic mass is 16.6. The fourth-order valence-electron chi connectivity index (χ4n) is 6.97. The van der Waals surface area contributed by atoms with Gasteiger partial charge in [0.25, 0.3) is 0 Å². The largest absolute Gasteiger partial charge is 0.462 e. The van der Waals surface area contributed by atoms with E-state index >= 15 is 0 Å². The van der Waals surface area contributed by atoms with Crippen LogP contribution < -0.4 is 0 Å². The van der Waals surface area contributed by atoms with Crippen LogP contribution in [0.4, 0.5) is 0 Å². The van der Waals surface area contributed by atoms with Gasteiger partial charge < -0.3 is 14.2 Å². The van der Waals surface area contributed by atoms with Crippen molar-refractivity contribution in [1.82, 2.24) is 0 Å². The van der Waals surface area contributed by atoms with E-state index in [2.05, 4.69) is 167 Å². The summed E-state index contributed by atoms with van der Waals surface area (Å²) < 4.78 is 16.7. The Kier molecular flexibility index (Phi) is 53.0. The standard InChI is InChI=1S/C64H100O6/c1-4-7-10-13-16-19-22-25-28-31-34-36-39-42-45-48-51-54-57-63(66)69-60-61(70-64(67)58-55-52-49-46-43-40-37-33-30-27-24-21-18-15-12-9-6-3)59-68-62(65)56-53-50-47-44-41-38-35-32-29-26-23-20-17-14-11-8-5-2/h9,12,16,18-19,21-22,25-31,34-38,40,44,46-47,49,61H,4-8,10-11,13-15,17,20,23-24,32-33,39,41-43,45,48,50-60H2,1-3H3/b12-9-,19-16-,21-18-,25-22-,29-26-,30-27-,31-28-,36-34-,38-35-,40-37-,47-44-,49-46-. The van der Waals surface area contributed by atoms with Crippen LogP contribution in [0.15, 0.2) is 146 Å². The van der Waals surface area contributed by atoms with E-state index in [1.807, 2.05) is 0 Å². The van der Waals surface area contributed by atoms with Crippen molar-refractivity contribution in [2.75, 3.05) is 13.2 Å². The number of rotatable bonds is 48. The summed E-state index contributed by atoms with van der Waals surface area (Å²) in [6.07, 6.45) is 81.2. The molecule has 0 aliphatic carbocycles. The molecule has 0 bridgehead atoms. The number of unbranched alkanes of at least 4 members (excludes halogenated alkanes) is 16. The summed E-state index contributed by atoms with van der Waals surface area (Å²) in [5.41, 5.74) is 0. The molecule has 0 rings (SSSR count). The van der Waals surface area contributed by atoms with Crippen molar-refractivity contribution in [3.05, 3.63) is 146 Å². The molecule has 0 aromatic heterocycles. The quantitative estimate of drug-likeness (QED) is 0.0199. The van der Waals surface area contributed by atoms with Gasteiger partial charge in [0.15, 0.2) is 6.10 Å². The summed E-state index contributed by atoms with van der Waals surface area (Å²) in [7, 11) is 0. The second-order valence-corrected chi connectivity index (χ2v) is 17.8. The number of hydrogen-bond acceptors (Lipinski definition) is 6. The fraction of sp³-hybridized carbons (Fsp3) is 0.578. The van der Waals surface area contributed by atoms with E-state index in [1.54, 1.807) is 0 Å². The molecule has 0 N–H and O–H groups in total. The first-order valence-electron chi connectivity index (χ1n) is 27.9. The molecule has 0 heterocycles. The fourth-order valence-corrected chi connectivity index (χ4v) is 6.97. The maximum Gasteiger partial charge on any atom is 0.306 e. The molecule has 6 heteroatoms. The number of carbonyl (C=O) groups is 3. The van der Waals surface area contributed by atoms with Crippen molar-refractivity contribution in [3.63, 3.8) is 0 Å². The predicted molar refractivity (Wildman–Crippen MR) is 302 cm³/mol. The molecule has 70 heavy (non-hydrogen) atoms. The van der Waals surface area contributed by atoms with Crippen molar-refractivity contribution in [2.24, 2.45) is 0 Å². The Morgan fingerprint density at radius 1 is 0.314 bits per heavy atom. The molecule has 1 unspecified atom stereocenters. The highest BCUT2D eigenvalue weighted by Crippen LogP contribution is 2.11. The zero-order chi connectivity index (χ0) is 50.7. The van der Waals surface area contributed by atoms with Crippen molar-refractivity contribution in [3.8, 4) is 0 Å². The third kappa shape index (κ3) is 54.2. The average molecular weight is 965 g/mol. The molecular weight excluding hydrogens is 865 g/mol. The Morgan fingerprint density at radius 3 is 1.09 bits per heavy atom. The number of ether oxygens (including phenoxy) is 3. The smallest absolute Gasteiger partial charge is 0.306 e. The van der Waals surface area contributed by atoms with Gasteiger partial charge >= 0.3 is 17.9 Å².